The van der Waals surface area contributed by atoms with Gasteiger partial charge in [-0.15, -0.1) is 4.40 Å². The molecule has 0 bridgehead atoms. The maximum absolute atomic E-state index is 11.5. The molecule has 1 aromatic carbocycles. The van der Waals surface area contributed by atoms with Crippen LogP contribution in [0.5, 0.6) is 5.75 Å². The number of ether oxygens (including phenoxy) is 1. The van der Waals surface area contributed by atoms with Gasteiger partial charge >= 0.3 is 16.3 Å². The number of nitrogens with zero attached hydrogens (tertiary/aromatic N) is 1. The Labute approximate surface area is 132 Å². The number of amidine groups is 1. The van der Waals surface area contributed by atoms with Crippen LogP contribution in [0, 0.1) is 0 Å². The van der Waals surface area contributed by atoms with Gasteiger partial charge in [0.2, 0.25) is 0 Å². The van der Waals surface area contributed by atoms with Crippen molar-refractivity contribution in [1.82, 2.24) is 5.32 Å². The largest absolute Gasteiger partial charge is 0.490 e. The summed E-state index contributed by atoms with van der Waals surface area (Å²) in [6, 6.07) is 4.80. The molecule has 2 aliphatic rings. The van der Waals surface area contributed by atoms with Gasteiger partial charge < -0.3 is 20.9 Å². The summed E-state index contributed by atoms with van der Waals surface area (Å²) in [5.74, 6) is 0.188. The number of nitrogens with two attached hydrogens (primary N) is 1. The zero-order valence-electron chi connectivity index (χ0n) is 12.1. The number of fused-ring (bicyclic) bond motifs is 1. The molecule has 0 unspecified atom stereocenters. The monoisotopic (exact) mass is 340 g/mol. The zero-order valence-corrected chi connectivity index (χ0v) is 12.9. The molecule has 3 rings (SSSR count). The molecular formula is C13H16N4O5S. The fourth-order valence-electron chi connectivity index (χ4n) is 2.69. The van der Waals surface area contributed by atoms with Gasteiger partial charge in [0.1, 0.15) is 12.4 Å². The van der Waals surface area contributed by atoms with Gasteiger partial charge in [0.25, 0.3) is 0 Å². The first-order valence-corrected chi connectivity index (χ1v) is 8.40. The molecule has 0 spiro atoms. The van der Waals surface area contributed by atoms with E-state index in [1.54, 1.807) is 18.2 Å². The van der Waals surface area contributed by atoms with Gasteiger partial charge in [0.05, 0.1) is 16.8 Å². The highest BCUT2D eigenvalue weighted by molar-refractivity contribution is 7.91. The molecule has 1 saturated carbocycles. The maximum Gasteiger partial charge on any atom is 0.405 e. The molecule has 1 aliphatic heterocycles. The van der Waals surface area contributed by atoms with Crippen LogP contribution in [0.1, 0.15) is 24.8 Å². The van der Waals surface area contributed by atoms with Crippen molar-refractivity contribution in [2.45, 2.75) is 24.8 Å². The second-order valence-electron chi connectivity index (χ2n) is 5.59. The molecule has 0 aromatic heterocycles. The summed E-state index contributed by atoms with van der Waals surface area (Å²) < 4.78 is 34.5. The molecule has 1 heterocycles. The third-order valence-corrected chi connectivity index (χ3v) is 4.84. The first-order chi connectivity index (χ1) is 10.8. The van der Waals surface area contributed by atoms with Crippen molar-refractivity contribution >= 4 is 27.8 Å². The number of carbonyl (C=O) groups is 1. The number of anilines is 1. The molecular weight excluding hydrogens is 324 g/mol. The highest BCUT2D eigenvalue weighted by Gasteiger charge is 2.39. The van der Waals surface area contributed by atoms with Gasteiger partial charge in [0.15, 0.2) is 5.84 Å². The van der Waals surface area contributed by atoms with Crippen LogP contribution in [0.15, 0.2) is 22.6 Å². The lowest BCUT2D eigenvalue weighted by Crippen LogP contribution is -2.57. The molecule has 1 aliphatic carbocycles. The van der Waals surface area contributed by atoms with Crippen LogP contribution in [-0.2, 0) is 10.2 Å². The predicted molar refractivity (Wildman–Crippen MR) is 82.9 cm³/mol. The number of rotatable bonds is 4. The van der Waals surface area contributed by atoms with Gasteiger partial charge in [-0.05, 0) is 31.4 Å². The summed E-state index contributed by atoms with van der Waals surface area (Å²) in [6.45, 7) is 0.135. The van der Waals surface area contributed by atoms with E-state index in [0.717, 1.165) is 6.42 Å². The zero-order chi connectivity index (χ0) is 16.7. The summed E-state index contributed by atoms with van der Waals surface area (Å²) in [6.07, 6.45) is 1.19. The Bertz CT molecular complexity index is 786. The van der Waals surface area contributed by atoms with E-state index in [1.807, 2.05) is 0 Å². The fourth-order valence-corrected chi connectivity index (χ4v) is 3.53. The third-order valence-electron chi connectivity index (χ3n) is 3.93. The number of nitrogens with one attached hydrogen (secondary N) is 2. The van der Waals surface area contributed by atoms with Crippen molar-refractivity contribution < 1.29 is 23.1 Å². The van der Waals surface area contributed by atoms with E-state index in [0.29, 0.717) is 24.2 Å². The van der Waals surface area contributed by atoms with Crippen LogP contribution in [0.4, 0.5) is 10.5 Å². The predicted octanol–water partition coefficient (Wildman–Crippen LogP) is 0.631. The van der Waals surface area contributed by atoms with Crippen molar-refractivity contribution in [2.24, 2.45) is 10.1 Å². The van der Waals surface area contributed by atoms with Crippen LogP contribution >= 0.6 is 0 Å². The van der Waals surface area contributed by atoms with Crippen molar-refractivity contribution in [2.75, 3.05) is 11.3 Å². The van der Waals surface area contributed by atoms with Crippen molar-refractivity contribution in [3.8, 4) is 5.75 Å². The quantitative estimate of drug-likeness (QED) is 0.633. The van der Waals surface area contributed by atoms with Crippen molar-refractivity contribution in [1.29, 1.82) is 0 Å². The molecule has 1 aromatic rings. The third kappa shape index (κ3) is 3.02. The number of carboxylic acid groups (broad SMARTS) is 1. The summed E-state index contributed by atoms with van der Waals surface area (Å²) >= 11 is 0. The van der Waals surface area contributed by atoms with Crippen molar-refractivity contribution in [3.63, 3.8) is 0 Å². The molecule has 124 valence electrons. The summed E-state index contributed by atoms with van der Waals surface area (Å²) in [4.78, 5) is 10.9. The van der Waals surface area contributed by atoms with Gasteiger partial charge in [-0.2, -0.15) is 8.42 Å². The average Bonchev–Trinajstić information content (AvgIpc) is 2.39. The minimum absolute atomic E-state index is 0.135. The number of benzene rings is 1. The molecule has 0 saturated heterocycles. The Morgan fingerprint density at radius 2 is 2.22 bits per heavy atom. The number of hydrogen-bond donors (Lipinski definition) is 4. The number of hydrogen-bond acceptors (Lipinski definition) is 5. The standard InChI is InChI=1S/C13H16N4O5S/c14-11-10-8(16-23(20,21)17-11)3-1-4-9(10)22-7-13(5-2-6-13)15-12(18)19/h1,3-4,15-16H,2,5-7H2,(H2,14,17)(H,18,19). The Kier molecular flexibility index (Phi) is 3.55. The van der Waals surface area contributed by atoms with Crippen LogP contribution in [0.25, 0.3) is 0 Å². The van der Waals surface area contributed by atoms with E-state index >= 15 is 0 Å². The molecule has 0 radical (unpaired) electrons. The lowest BCUT2D eigenvalue weighted by molar-refractivity contribution is 0.0951. The SMILES string of the molecule is NC1=NS(=O)(=O)Nc2cccc(OCC3(NC(=O)O)CCC3)c21. The smallest absolute Gasteiger partial charge is 0.405 e. The molecule has 5 N–H and O–H groups in total. The van der Waals surface area contributed by atoms with E-state index < -0.39 is 21.8 Å². The highest BCUT2D eigenvalue weighted by Crippen LogP contribution is 2.35. The van der Waals surface area contributed by atoms with Gasteiger partial charge in [-0.1, -0.05) is 6.07 Å². The highest BCUT2D eigenvalue weighted by atomic mass is 32.2. The summed E-state index contributed by atoms with van der Waals surface area (Å²) in [5.41, 5.74) is 5.75. The molecule has 10 heteroatoms. The lowest BCUT2D eigenvalue weighted by Gasteiger charge is -2.41. The van der Waals surface area contributed by atoms with E-state index in [2.05, 4.69) is 14.4 Å². The Morgan fingerprint density at radius 1 is 1.48 bits per heavy atom. The number of amides is 1. The first-order valence-electron chi connectivity index (χ1n) is 6.96. The maximum atomic E-state index is 11.5. The fraction of sp³-hybridized carbons (Fsp3) is 0.385. The Morgan fingerprint density at radius 3 is 2.83 bits per heavy atom. The second kappa shape index (κ2) is 5.30. The Hall–Kier alpha value is -2.49. The summed E-state index contributed by atoms with van der Waals surface area (Å²) in [7, 11) is -3.85. The summed E-state index contributed by atoms with van der Waals surface area (Å²) in [5, 5.41) is 11.4. The van der Waals surface area contributed by atoms with Gasteiger partial charge in [-0.3, -0.25) is 4.72 Å². The topological polar surface area (TPSA) is 143 Å². The Balaban J connectivity index is 1.84. The van der Waals surface area contributed by atoms with Crippen LogP contribution in [0.2, 0.25) is 0 Å². The average molecular weight is 340 g/mol. The molecule has 1 fully saturated rings. The van der Waals surface area contributed by atoms with Gasteiger partial charge in [0, 0.05) is 0 Å². The van der Waals surface area contributed by atoms with Crippen LogP contribution in [-0.4, -0.2) is 37.6 Å². The molecule has 1 amide bonds. The second-order valence-corrected chi connectivity index (χ2v) is 6.92. The lowest BCUT2D eigenvalue weighted by atomic mass is 9.77. The normalized spacial score (nSPS) is 20.3. The van der Waals surface area contributed by atoms with Gasteiger partial charge in [-0.25, -0.2) is 4.79 Å². The van der Waals surface area contributed by atoms with E-state index in [4.69, 9.17) is 15.6 Å². The molecule has 9 nitrogen and oxygen atoms in total. The van der Waals surface area contributed by atoms with E-state index in [-0.39, 0.29) is 18.1 Å². The van der Waals surface area contributed by atoms with Crippen LogP contribution < -0.4 is 20.5 Å². The van der Waals surface area contributed by atoms with E-state index in [9.17, 15) is 13.2 Å². The minimum Gasteiger partial charge on any atom is -0.490 e. The molecule has 0 atom stereocenters. The van der Waals surface area contributed by atoms with Crippen molar-refractivity contribution in [3.05, 3.63) is 23.8 Å². The first kappa shape index (κ1) is 15.4. The molecule has 23 heavy (non-hydrogen) atoms. The van der Waals surface area contributed by atoms with E-state index in [1.165, 1.54) is 0 Å². The minimum atomic E-state index is -3.85. The van der Waals surface area contributed by atoms with Crippen LogP contribution in [0.3, 0.4) is 0 Å².